The van der Waals surface area contributed by atoms with Gasteiger partial charge in [-0.2, -0.15) is 5.10 Å². The first-order valence-corrected chi connectivity index (χ1v) is 11.1. The van der Waals surface area contributed by atoms with Crippen LogP contribution in [0.1, 0.15) is 30.1 Å². The van der Waals surface area contributed by atoms with E-state index in [0.29, 0.717) is 37.6 Å². The van der Waals surface area contributed by atoms with Gasteiger partial charge in [0, 0.05) is 58.2 Å². The highest BCUT2D eigenvalue weighted by atomic mass is 19.2. The lowest BCUT2D eigenvalue weighted by Gasteiger charge is -2.20. The number of benzene rings is 1. The molecule has 2 amide bonds. The third-order valence-electron chi connectivity index (χ3n) is 6.05. The first-order valence-electron chi connectivity index (χ1n) is 11.1. The Kier molecular flexibility index (Phi) is 7.23. The normalized spacial score (nSPS) is 22.4. The zero-order chi connectivity index (χ0) is 24.2. The molecule has 0 radical (unpaired) electrons. The van der Waals surface area contributed by atoms with Crippen molar-refractivity contribution in [3.63, 3.8) is 0 Å². The number of rotatable bonds is 7. The fraction of sp³-hybridized carbons (Fsp3) is 0.435. The summed E-state index contributed by atoms with van der Waals surface area (Å²) in [6.07, 6.45) is 3.58. The van der Waals surface area contributed by atoms with E-state index in [9.17, 15) is 13.6 Å². The molecule has 1 fully saturated rings. The van der Waals surface area contributed by atoms with Crippen molar-refractivity contribution in [2.45, 2.75) is 24.9 Å². The van der Waals surface area contributed by atoms with Crippen LogP contribution in [0.25, 0.3) is 0 Å². The number of likely N-dealkylation sites (tertiary alicyclic amines) is 1. The second-order valence-electron chi connectivity index (χ2n) is 8.52. The molecule has 2 aliphatic heterocycles. The van der Waals surface area contributed by atoms with E-state index in [2.05, 4.69) is 30.9 Å². The molecular formula is C23H29F2N7O2. The molecule has 0 spiro atoms. The average molecular weight is 474 g/mol. The van der Waals surface area contributed by atoms with Crippen LogP contribution in [0.15, 0.2) is 41.2 Å². The van der Waals surface area contributed by atoms with E-state index < -0.39 is 17.7 Å². The number of urea groups is 1. The number of carbonyl (C=O) groups excluding carboxylic acids is 1. The molecule has 9 nitrogen and oxygen atoms in total. The minimum absolute atomic E-state index is 0.185. The number of amides is 2. The van der Waals surface area contributed by atoms with Gasteiger partial charge < -0.3 is 15.4 Å². The van der Waals surface area contributed by atoms with E-state index in [1.165, 1.54) is 6.07 Å². The molecule has 3 atom stereocenters. The highest BCUT2D eigenvalue weighted by molar-refractivity contribution is 5.89. The molecule has 11 heteroatoms. The van der Waals surface area contributed by atoms with Crippen molar-refractivity contribution < 1.29 is 18.3 Å². The van der Waals surface area contributed by atoms with Crippen LogP contribution in [0.4, 0.5) is 19.4 Å². The Labute approximate surface area is 196 Å². The third-order valence-corrected chi connectivity index (χ3v) is 6.05. The lowest BCUT2D eigenvalue weighted by molar-refractivity contribution is 0.159. The van der Waals surface area contributed by atoms with Gasteiger partial charge in [0.05, 0.1) is 24.0 Å². The number of carbonyl (C=O) groups is 1. The highest BCUT2D eigenvalue weighted by Crippen LogP contribution is 2.29. The van der Waals surface area contributed by atoms with Crippen molar-refractivity contribution in [2.75, 3.05) is 38.7 Å². The number of aliphatic imine (C=N–C) groups is 1. The molecule has 0 bridgehead atoms. The number of allylic oxidation sites excluding steroid dienone is 1. The van der Waals surface area contributed by atoms with Gasteiger partial charge in [0.15, 0.2) is 11.6 Å². The average Bonchev–Trinajstić information content (AvgIpc) is 3.37. The number of anilines is 1. The number of halogens is 2. The fourth-order valence-electron chi connectivity index (χ4n) is 4.24. The van der Waals surface area contributed by atoms with Crippen molar-refractivity contribution in [1.29, 1.82) is 0 Å². The number of nitrogens with zero attached hydrogens (tertiary/aromatic N) is 4. The summed E-state index contributed by atoms with van der Waals surface area (Å²) in [7, 11) is 3.37. The Morgan fingerprint density at radius 3 is 2.79 bits per heavy atom. The number of nitrogens with one attached hydrogen (secondary N) is 3. The predicted octanol–water partition coefficient (Wildman–Crippen LogP) is 2.51. The van der Waals surface area contributed by atoms with Gasteiger partial charge >= 0.3 is 6.03 Å². The summed E-state index contributed by atoms with van der Waals surface area (Å²) in [5, 5.41) is 13.5. The van der Waals surface area contributed by atoms with E-state index >= 15 is 0 Å². The van der Waals surface area contributed by atoms with Gasteiger partial charge in [-0.25, -0.2) is 13.6 Å². The predicted molar refractivity (Wildman–Crippen MR) is 125 cm³/mol. The van der Waals surface area contributed by atoms with Crippen molar-refractivity contribution in [3.8, 4) is 0 Å². The van der Waals surface area contributed by atoms with Crippen LogP contribution in [0, 0.1) is 11.6 Å². The molecule has 1 aromatic heterocycles. The Hall–Kier alpha value is -3.31. The monoisotopic (exact) mass is 473 g/mol. The van der Waals surface area contributed by atoms with Crippen LogP contribution in [0.2, 0.25) is 0 Å². The maximum absolute atomic E-state index is 13.9. The fourth-order valence-corrected chi connectivity index (χ4v) is 4.24. The molecule has 182 valence electrons. The Morgan fingerprint density at radius 2 is 2.09 bits per heavy atom. The molecule has 0 saturated carbocycles. The lowest BCUT2D eigenvalue weighted by atomic mass is 9.94. The molecule has 0 aliphatic carbocycles. The van der Waals surface area contributed by atoms with Crippen LogP contribution in [0.5, 0.6) is 0 Å². The first kappa shape index (κ1) is 23.8. The van der Waals surface area contributed by atoms with E-state index in [1.54, 1.807) is 37.2 Å². The van der Waals surface area contributed by atoms with Crippen molar-refractivity contribution in [2.24, 2.45) is 12.0 Å². The Bertz CT molecular complexity index is 1100. The summed E-state index contributed by atoms with van der Waals surface area (Å²) in [5.74, 6) is -1.47. The molecule has 3 heterocycles. The first-order chi connectivity index (χ1) is 16.3. The van der Waals surface area contributed by atoms with E-state index in [4.69, 9.17) is 4.74 Å². The smallest absolute Gasteiger partial charge is 0.320 e. The van der Waals surface area contributed by atoms with Crippen LogP contribution >= 0.6 is 0 Å². The molecule has 2 aromatic rings. The highest BCUT2D eigenvalue weighted by Gasteiger charge is 2.35. The number of aryl methyl sites for hydroxylation is 1. The van der Waals surface area contributed by atoms with E-state index in [-0.39, 0.29) is 18.0 Å². The molecule has 1 aromatic carbocycles. The lowest BCUT2D eigenvalue weighted by Crippen LogP contribution is -2.42. The Morgan fingerprint density at radius 1 is 1.26 bits per heavy atom. The summed E-state index contributed by atoms with van der Waals surface area (Å²) in [4.78, 5) is 19.3. The molecular weight excluding hydrogens is 444 g/mol. The van der Waals surface area contributed by atoms with E-state index in [1.807, 2.05) is 13.1 Å². The summed E-state index contributed by atoms with van der Waals surface area (Å²) >= 11 is 0. The quantitative estimate of drug-likeness (QED) is 0.575. The van der Waals surface area contributed by atoms with Crippen molar-refractivity contribution in [1.82, 2.24) is 25.3 Å². The number of hydrogen-bond donors (Lipinski definition) is 3. The number of methoxy groups -OCH3 is 1. The van der Waals surface area contributed by atoms with Gasteiger partial charge in [0.1, 0.15) is 11.9 Å². The minimum Gasteiger partial charge on any atom is -0.383 e. The van der Waals surface area contributed by atoms with Crippen molar-refractivity contribution >= 4 is 18.1 Å². The van der Waals surface area contributed by atoms with Crippen LogP contribution in [0.3, 0.4) is 0 Å². The maximum atomic E-state index is 13.9. The molecule has 2 aliphatic rings. The second kappa shape index (κ2) is 10.3. The zero-order valence-corrected chi connectivity index (χ0v) is 19.4. The minimum atomic E-state index is -0.900. The molecule has 1 unspecified atom stereocenters. The van der Waals surface area contributed by atoms with Gasteiger partial charge in [0.2, 0.25) is 0 Å². The van der Waals surface area contributed by atoms with Gasteiger partial charge in [-0.15, -0.1) is 0 Å². The SMILES string of the molecule is COCCN1C[C@@H](NC(=O)Nc2cc(C3C=NC(C)=CN3)nn2C)[C@H](c2ccc(F)c(F)c2)C1. The number of aromatic nitrogens is 2. The molecule has 34 heavy (non-hydrogen) atoms. The summed E-state index contributed by atoms with van der Waals surface area (Å²) in [6.45, 7) is 4.25. The maximum Gasteiger partial charge on any atom is 0.320 e. The van der Waals surface area contributed by atoms with Gasteiger partial charge in [-0.3, -0.25) is 19.9 Å². The van der Waals surface area contributed by atoms with Crippen molar-refractivity contribution in [3.05, 3.63) is 59.1 Å². The molecule has 1 saturated heterocycles. The number of ether oxygens (including phenoxy) is 1. The summed E-state index contributed by atoms with van der Waals surface area (Å²) in [5.41, 5.74) is 2.23. The van der Waals surface area contributed by atoms with Crippen LogP contribution in [-0.4, -0.2) is 66.3 Å². The summed E-state index contributed by atoms with van der Waals surface area (Å²) < 4.78 is 34.1. The van der Waals surface area contributed by atoms with Gasteiger partial charge in [-0.05, 0) is 24.6 Å². The molecule has 3 N–H and O–H groups in total. The van der Waals surface area contributed by atoms with Gasteiger partial charge in [-0.1, -0.05) is 6.07 Å². The topological polar surface area (TPSA) is 95.8 Å². The molecule has 4 rings (SSSR count). The second-order valence-corrected chi connectivity index (χ2v) is 8.52. The Balaban J connectivity index is 1.44. The van der Waals surface area contributed by atoms with Gasteiger partial charge in [0.25, 0.3) is 0 Å². The standard InChI is InChI=1S/C23H29F2N7O2/c1-14-10-27-20(11-26-14)19-9-22(31(2)30-19)29-23(33)28-21-13-32(6-7-34-3)12-16(21)15-4-5-17(24)18(25)8-15/h4-5,8-11,16,20-21,27H,6-7,12-13H2,1-3H3,(H2,28,29,33)/t16-,20?,21+/m0/s1. The summed E-state index contributed by atoms with van der Waals surface area (Å²) in [6, 6.07) is 4.79. The van der Waals surface area contributed by atoms with Crippen LogP contribution < -0.4 is 16.0 Å². The van der Waals surface area contributed by atoms with E-state index in [0.717, 1.165) is 17.5 Å². The van der Waals surface area contributed by atoms with Crippen LogP contribution in [-0.2, 0) is 11.8 Å². The number of hydrogen-bond acceptors (Lipinski definition) is 6. The third kappa shape index (κ3) is 5.42. The zero-order valence-electron chi connectivity index (χ0n) is 19.4. The largest absolute Gasteiger partial charge is 0.383 e.